The Kier molecular flexibility index (Phi) is 4.21. The third kappa shape index (κ3) is 2.81. The fraction of sp³-hybridized carbons (Fsp3) is 0.857. The molecule has 2 N–H and O–H groups in total. The van der Waals surface area contributed by atoms with Crippen LogP contribution >= 0.6 is 11.8 Å². The Morgan fingerprint density at radius 3 is 2.90 bits per heavy atom. The van der Waals surface area contributed by atoms with Gasteiger partial charge in [0.05, 0.1) is 4.75 Å². The third-order valence-electron chi connectivity index (χ3n) is 4.58. The van der Waals surface area contributed by atoms with Crippen LogP contribution in [0.15, 0.2) is 0 Å². The van der Waals surface area contributed by atoms with Crippen molar-refractivity contribution in [3.8, 4) is 0 Å². The molecule has 0 aromatic carbocycles. The Morgan fingerprint density at radius 1 is 1.45 bits per heavy atom. The standard InChI is InChI=1S/C14H25N5S/c1-14(6-3-9-20-14)12-16-13(18-17-12)19-7-4-11(5-8-19)10-15-2/h11,15H,3-10H2,1-2H3,(H,16,17,18). The highest BCUT2D eigenvalue weighted by atomic mass is 32.2. The lowest BCUT2D eigenvalue weighted by molar-refractivity contribution is 0.391. The minimum atomic E-state index is 0.149. The average molecular weight is 295 g/mol. The molecule has 3 heterocycles. The first-order chi connectivity index (χ1) is 9.71. The summed E-state index contributed by atoms with van der Waals surface area (Å²) in [5, 5.41) is 10.9. The zero-order chi connectivity index (χ0) is 14.0. The fourth-order valence-corrected chi connectivity index (χ4v) is 4.48. The molecule has 2 aliphatic rings. The average Bonchev–Trinajstić information content (AvgIpc) is 3.10. The summed E-state index contributed by atoms with van der Waals surface area (Å²) in [6, 6.07) is 0. The SMILES string of the molecule is CNCC1CCN(c2n[nH]c(C3(C)CCCS3)n2)CC1. The second kappa shape index (κ2) is 5.93. The van der Waals surface area contributed by atoms with Crippen molar-refractivity contribution >= 4 is 17.7 Å². The van der Waals surface area contributed by atoms with E-state index in [1.54, 1.807) is 0 Å². The maximum absolute atomic E-state index is 4.78. The minimum Gasteiger partial charge on any atom is -0.340 e. The molecule has 2 saturated heterocycles. The predicted molar refractivity (Wildman–Crippen MR) is 84.3 cm³/mol. The molecule has 0 bridgehead atoms. The van der Waals surface area contributed by atoms with Crippen molar-refractivity contribution in [2.75, 3.05) is 37.3 Å². The van der Waals surface area contributed by atoms with Gasteiger partial charge in [0.1, 0.15) is 5.82 Å². The van der Waals surface area contributed by atoms with Crippen LogP contribution in [0.1, 0.15) is 38.4 Å². The number of H-pyrrole nitrogens is 1. The number of nitrogens with zero attached hydrogens (tertiary/aromatic N) is 3. The summed E-state index contributed by atoms with van der Waals surface area (Å²) in [6.07, 6.45) is 4.95. The number of aromatic amines is 1. The number of hydrogen-bond acceptors (Lipinski definition) is 5. The van der Waals surface area contributed by atoms with Gasteiger partial charge in [-0.3, -0.25) is 5.10 Å². The summed E-state index contributed by atoms with van der Waals surface area (Å²) < 4.78 is 0.149. The second-order valence-corrected chi connectivity index (χ2v) is 7.75. The van der Waals surface area contributed by atoms with E-state index in [0.29, 0.717) is 0 Å². The number of rotatable bonds is 4. The molecule has 0 amide bonds. The maximum Gasteiger partial charge on any atom is 0.244 e. The molecule has 6 heteroatoms. The zero-order valence-corrected chi connectivity index (χ0v) is 13.3. The van der Waals surface area contributed by atoms with E-state index >= 15 is 0 Å². The molecular formula is C14H25N5S. The molecule has 112 valence electrons. The van der Waals surface area contributed by atoms with Gasteiger partial charge in [-0.25, -0.2) is 0 Å². The van der Waals surface area contributed by atoms with Crippen LogP contribution in [0, 0.1) is 5.92 Å². The number of nitrogens with one attached hydrogen (secondary N) is 2. The Bertz CT molecular complexity index is 433. The van der Waals surface area contributed by atoms with Gasteiger partial charge in [0.2, 0.25) is 5.95 Å². The van der Waals surface area contributed by atoms with E-state index < -0.39 is 0 Å². The molecule has 0 spiro atoms. The lowest BCUT2D eigenvalue weighted by atomic mass is 9.97. The summed E-state index contributed by atoms with van der Waals surface area (Å²) >= 11 is 2.00. The number of piperidine rings is 1. The van der Waals surface area contributed by atoms with Crippen LogP contribution < -0.4 is 10.2 Å². The summed E-state index contributed by atoms with van der Waals surface area (Å²) in [5.74, 6) is 4.00. The van der Waals surface area contributed by atoms with Crippen LogP contribution in [0.25, 0.3) is 0 Å². The van der Waals surface area contributed by atoms with Crippen molar-refractivity contribution < 1.29 is 0 Å². The van der Waals surface area contributed by atoms with Gasteiger partial charge in [-0.1, -0.05) is 0 Å². The van der Waals surface area contributed by atoms with Gasteiger partial charge in [-0.2, -0.15) is 4.98 Å². The molecule has 3 rings (SSSR count). The van der Waals surface area contributed by atoms with Crippen LogP contribution in [0.4, 0.5) is 5.95 Å². The topological polar surface area (TPSA) is 56.8 Å². The minimum absolute atomic E-state index is 0.149. The molecule has 1 unspecified atom stereocenters. The van der Waals surface area contributed by atoms with Crippen LogP contribution in [0.3, 0.4) is 0 Å². The molecule has 1 atom stereocenters. The zero-order valence-electron chi connectivity index (χ0n) is 12.5. The highest BCUT2D eigenvalue weighted by molar-refractivity contribution is 8.00. The maximum atomic E-state index is 4.78. The number of thioether (sulfide) groups is 1. The Labute approximate surface area is 125 Å². The van der Waals surface area contributed by atoms with E-state index in [2.05, 4.69) is 27.3 Å². The van der Waals surface area contributed by atoms with Gasteiger partial charge >= 0.3 is 0 Å². The predicted octanol–water partition coefficient (Wildman–Crippen LogP) is 1.98. The van der Waals surface area contributed by atoms with Crippen LogP contribution in [0.5, 0.6) is 0 Å². The van der Waals surface area contributed by atoms with E-state index in [0.717, 1.165) is 37.3 Å². The van der Waals surface area contributed by atoms with Crippen molar-refractivity contribution in [3.05, 3.63) is 5.82 Å². The van der Waals surface area contributed by atoms with Crippen molar-refractivity contribution in [2.24, 2.45) is 5.92 Å². The molecule has 1 aromatic rings. The van der Waals surface area contributed by atoms with Crippen LogP contribution in [-0.4, -0.2) is 47.6 Å². The number of anilines is 1. The number of aromatic nitrogens is 3. The molecule has 0 radical (unpaired) electrons. The largest absolute Gasteiger partial charge is 0.340 e. The van der Waals surface area contributed by atoms with E-state index in [-0.39, 0.29) is 4.75 Å². The molecule has 1 aromatic heterocycles. The monoisotopic (exact) mass is 295 g/mol. The van der Waals surface area contributed by atoms with Crippen LogP contribution in [-0.2, 0) is 4.75 Å². The first-order valence-corrected chi connectivity index (χ1v) is 8.66. The van der Waals surface area contributed by atoms with Crippen molar-refractivity contribution in [1.82, 2.24) is 20.5 Å². The van der Waals surface area contributed by atoms with E-state index in [4.69, 9.17) is 4.98 Å². The summed E-state index contributed by atoms with van der Waals surface area (Å²) in [5.41, 5.74) is 0. The van der Waals surface area contributed by atoms with Gasteiger partial charge in [0.25, 0.3) is 0 Å². The van der Waals surface area contributed by atoms with E-state index in [1.807, 2.05) is 18.8 Å². The molecule has 0 aliphatic carbocycles. The molecule has 0 saturated carbocycles. The summed E-state index contributed by atoms with van der Waals surface area (Å²) in [4.78, 5) is 7.11. The molecule has 2 aliphatic heterocycles. The molecular weight excluding hydrogens is 270 g/mol. The van der Waals surface area contributed by atoms with Gasteiger partial charge < -0.3 is 10.2 Å². The third-order valence-corrected chi connectivity index (χ3v) is 6.11. The fourth-order valence-electron chi connectivity index (χ4n) is 3.22. The van der Waals surface area contributed by atoms with Gasteiger partial charge in [0, 0.05) is 13.1 Å². The van der Waals surface area contributed by atoms with Crippen LogP contribution in [0.2, 0.25) is 0 Å². The quantitative estimate of drug-likeness (QED) is 0.889. The summed E-state index contributed by atoms with van der Waals surface area (Å²) in [6.45, 7) is 5.57. The highest BCUT2D eigenvalue weighted by Gasteiger charge is 2.35. The normalized spacial score (nSPS) is 28.2. The van der Waals surface area contributed by atoms with Gasteiger partial charge in [-0.15, -0.1) is 16.9 Å². The first kappa shape index (κ1) is 14.2. The molecule has 2 fully saturated rings. The molecule has 20 heavy (non-hydrogen) atoms. The van der Waals surface area contributed by atoms with E-state index in [9.17, 15) is 0 Å². The van der Waals surface area contributed by atoms with Crippen molar-refractivity contribution in [2.45, 2.75) is 37.4 Å². The van der Waals surface area contributed by atoms with Gasteiger partial charge in [-0.05, 0) is 57.9 Å². The van der Waals surface area contributed by atoms with Crippen molar-refractivity contribution in [1.29, 1.82) is 0 Å². The van der Waals surface area contributed by atoms with E-state index in [1.165, 1.54) is 31.4 Å². The second-order valence-electron chi connectivity index (χ2n) is 6.15. The number of hydrogen-bond donors (Lipinski definition) is 2. The van der Waals surface area contributed by atoms with Crippen molar-refractivity contribution in [3.63, 3.8) is 0 Å². The Morgan fingerprint density at radius 2 is 2.25 bits per heavy atom. The van der Waals surface area contributed by atoms with Gasteiger partial charge in [0.15, 0.2) is 0 Å². The highest BCUT2D eigenvalue weighted by Crippen LogP contribution is 2.44. The molecule has 5 nitrogen and oxygen atoms in total. The first-order valence-electron chi connectivity index (χ1n) is 7.68. The lowest BCUT2D eigenvalue weighted by Crippen LogP contribution is -2.37. The Hall–Kier alpha value is -0.750. The smallest absolute Gasteiger partial charge is 0.244 e. The Balaban J connectivity index is 1.63. The lowest BCUT2D eigenvalue weighted by Gasteiger charge is -2.31. The summed E-state index contributed by atoms with van der Waals surface area (Å²) in [7, 11) is 2.04.